The van der Waals surface area contributed by atoms with E-state index >= 15 is 0 Å². The van der Waals surface area contributed by atoms with Gasteiger partial charge in [-0.15, -0.1) is 0 Å². The molecule has 0 amide bonds. The topological polar surface area (TPSA) is 47.1 Å². The molecule has 4 heteroatoms. The normalized spacial score (nSPS) is 19.3. The molecule has 102 valence electrons. The molecule has 2 rings (SSSR count). The quantitative estimate of drug-likeness (QED) is 0.877. The fourth-order valence-corrected chi connectivity index (χ4v) is 2.51. The molecule has 1 aromatic rings. The van der Waals surface area contributed by atoms with Gasteiger partial charge in [0.2, 0.25) is 0 Å². The lowest BCUT2D eigenvalue weighted by atomic mass is 9.99. The lowest BCUT2D eigenvalue weighted by Gasteiger charge is -2.30. The van der Waals surface area contributed by atoms with Crippen LogP contribution < -0.4 is 5.73 Å². The molecule has 1 aromatic heterocycles. The molecule has 0 bridgehead atoms. The van der Waals surface area contributed by atoms with Crippen LogP contribution in [0.5, 0.6) is 0 Å². The highest BCUT2D eigenvalue weighted by Crippen LogP contribution is 2.24. The van der Waals surface area contributed by atoms with Gasteiger partial charge in [0.15, 0.2) is 0 Å². The van der Waals surface area contributed by atoms with Crippen molar-refractivity contribution in [1.82, 2.24) is 14.7 Å². The highest BCUT2D eigenvalue weighted by molar-refractivity contribution is 5.39. The predicted molar refractivity (Wildman–Crippen MR) is 75.3 cm³/mol. The number of nitrogen functional groups attached to an aromatic ring is 1. The van der Waals surface area contributed by atoms with Crippen LogP contribution in [-0.2, 0) is 12.1 Å². The third-order valence-electron chi connectivity index (χ3n) is 3.79. The van der Waals surface area contributed by atoms with Crippen molar-refractivity contribution in [3.8, 4) is 0 Å². The third kappa shape index (κ3) is 2.86. The fourth-order valence-electron chi connectivity index (χ4n) is 2.51. The summed E-state index contributed by atoms with van der Waals surface area (Å²) in [5.41, 5.74) is 7.33. The molecule has 1 saturated heterocycles. The van der Waals surface area contributed by atoms with Crippen LogP contribution in [0.15, 0.2) is 6.20 Å². The number of piperidine rings is 1. The average Bonchev–Trinajstić information content (AvgIpc) is 2.63. The monoisotopic (exact) mass is 250 g/mol. The zero-order valence-electron chi connectivity index (χ0n) is 12.1. The maximum absolute atomic E-state index is 6.21. The van der Waals surface area contributed by atoms with E-state index in [0.717, 1.165) is 18.3 Å². The Morgan fingerprint density at radius 2 is 1.94 bits per heavy atom. The Balaban J connectivity index is 2.04. The van der Waals surface area contributed by atoms with Crippen molar-refractivity contribution < 1.29 is 0 Å². The Hall–Kier alpha value is -1.03. The number of nitrogens with zero attached hydrogens (tertiary/aromatic N) is 3. The van der Waals surface area contributed by atoms with E-state index in [-0.39, 0.29) is 5.54 Å². The summed E-state index contributed by atoms with van der Waals surface area (Å²) >= 11 is 0. The second-order valence-electron chi connectivity index (χ2n) is 6.60. The fraction of sp³-hybridized carbons (Fsp3) is 0.786. The summed E-state index contributed by atoms with van der Waals surface area (Å²) in [5, 5.41) is 4.43. The maximum Gasteiger partial charge on any atom is 0.126 e. The van der Waals surface area contributed by atoms with Crippen molar-refractivity contribution in [3.63, 3.8) is 0 Å². The molecule has 1 aliphatic heterocycles. The molecule has 0 saturated carbocycles. The first kappa shape index (κ1) is 13.4. The summed E-state index contributed by atoms with van der Waals surface area (Å²) in [6.07, 6.45) is 4.53. The molecule has 0 radical (unpaired) electrons. The number of aromatic nitrogens is 2. The second kappa shape index (κ2) is 4.92. The zero-order chi connectivity index (χ0) is 13.3. The average molecular weight is 250 g/mol. The van der Waals surface area contributed by atoms with Crippen molar-refractivity contribution in [2.75, 3.05) is 18.8 Å². The second-order valence-corrected chi connectivity index (χ2v) is 6.60. The predicted octanol–water partition coefficient (Wildman–Crippen LogP) is 2.45. The van der Waals surface area contributed by atoms with Crippen LogP contribution in [0.25, 0.3) is 0 Å². The molecule has 0 aromatic carbocycles. The van der Waals surface area contributed by atoms with Gasteiger partial charge in [-0.05, 0) is 52.6 Å². The van der Waals surface area contributed by atoms with E-state index in [0.29, 0.717) is 0 Å². The van der Waals surface area contributed by atoms with Crippen LogP contribution in [0, 0.1) is 5.92 Å². The summed E-state index contributed by atoms with van der Waals surface area (Å²) < 4.78 is 1.93. The SMILES string of the molecule is CC1CCN(Cc2cnn(C(C)(C)C)c2N)CC1. The van der Waals surface area contributed by atoms with E-state index in [2.05, 4.69) is 37.7 Å². The summed E-state index contributed by atoms with van der Waals surface area (Å²) in [6, 6.07) is 0. The smallest absolute Gasteiger partial charge is 0.126 e. The van der Waals surface area contributed by atoms with Gasteiger partial charge in [0.05, 0.1) is 11.7 Å². The number of nitrogens with two attached hydrogens (primary N) is 1. The van der Waals surface area contributed by atoms with Gasteiger partial charge >= 0.3 is 0 Å². The van der Waals surface area contributed by atoms with Gasteiger partial charge in [0.1, 0.15) is 5.82 Å². The van der Waals surface area contributed by atoms with E-state index in [9.17, 15) is 0 Å². The van der Waals surface area contributed by atoms with E-state index in [1.165, 1.54) is 31.5 Å². The summed E-state index contributed by atoms with van der Waals surface area (Å²) in [4.78, 5) is 2.49. The van der Waals surface area contributed by atoms with Gasteiger partial charge in [-0.2, -0.15) is 5.10 Å². The summed E-state index contributed by atoms with van der Waals surface area (Å²) in [5.74, 6) is 1.69. The first-order valence-electron chi connectivity index (χ1n) is 6.93. The third-order valence-corrected chi connectivity index (χ3v) is 3.79. The molecular formula is C14H26N4. The highest BCUT2D eigenvalue weighted by Gasteiger charge is 2.21. The van der Waals surface area contributed by atoms with Gasteiger partial charge in [0.25, 0.3) is 0 Å². The number of rotatable bonds is 2. The maximum atomic E-state index is 6.21. The molecule has 0 unspecified atom stereocenters. The molecule has 4 nitrogen and oxygen atoms in total. The molecule has 0 spiro atoms. The number of hydrogen-bond acceptors (Lipinski definition) is 3. The standard InChI is InChI=1S/C14H26N4/c1-11-5-7-17(8-6-11)10-12-9-16-18(13(12)15)14(2,3)4/h9,11H,5-8,10,15H2,1-4H3. The molecule has 1 fully saturated rings. The van der Waals surface area contributed by atoms with E-state index in [1.54, 1.807) is 0 Å². The minimum atomic E-state index is -0.0429. The van der Waals surface area contributed by atoms with Crippen LogP contribution in [-0.4, -0.2) is 27.8 Å². The van der Waals surface area contributed by atoms with Crippen molar-refractivity contribution in [3.05, 3.63) is 11.8 Å². The highest BCUT2D eigenvalue weighted by atomic mass is 15.3. The van der Waals surface area contributed by atoms with Crippen molar-refractivity contribution in [2.45, 2.75) is 52.6 Å². The Morgan fingerprint density at radius 1 is 1.33 bits per heavy atom. The minimum absolute atomic E-state index is 0.0429. The van der Waals surface area contributed by atoms with Crippen molar-refractivity contribution >= 4 is 5.82 Å². The van der Waals surface area contributed by atoms with Crippen LogP contribution >= 0.6 is 0 Å². The number of likely N-dealkylation sites (tertiary alicyclic amines) is 1. The van der Waals surface area contributed by atoms with Gasteiger partial charge < -0.3 is 5.73 Å². The first-order valence-corrected chi connectivity index (χ1v) is 6.93. The van der Waals surface area contributed by atoms with E-state index < -0.39 is 0 Å². The molecule has 2 N–H and O–H groups in total. The van der Waals surface area contributed by atoms with E-state index in [1.807, 2.05) is 10.9 Å². The Labute approximate surface area is 110 Å². The van der Waals surface area contributed by atoms with Crippen molar-refractivity contribution in [1.29, 1.82) is 0 Å². The lowest BCUT2D eigenvalue weighted by molar-refractivity contribution is 0.185. The molecule has 1 aliphatic rings. The van der Waals surface area contributed by atoms with Gasteiger partial charge in [-0.25, -0.2) is 4.68 Å². The summed E-state index contributed by atoms with van der Waals surface area (Å²) in [7, 11) is 0. The Kier molecular flexibility index (Phi) is 3.66. The van der Waals surface area contributed by atoms with Crippen molar-refractivity contribution in [2.24, 2.45) is 5.92 Å². The minimum Gasteiger partial charge on any atom is -0.384 e. The van der Waals surface area contributed by atoms with Crippen LogP contribution in [0.1, 0.15) is 46.1 Å². The molecule has 0 atom stereocenters. The number of hydrogen-bond donors (Lipinski definition) is 1. The van der Waals surface area contributed by atoms with Crippen LogP contribution in [0.3, 0.4) is 0 Å². The summed E-state index contributed by atoms with van der Waals surface area (Å²) in [6.45, 7) is 12.0. The number of anilines is 1. The van der Waals surface area contributed by atoms with Crippen LogP contribution in [0.4, 0.5) is 5.82 Å². The first-order chi connectivity index (χ1) is 8.38. The Morgan fingerprint density at radius 3 is 2.44 bits per heavy atom. The molecule has 2 heterocycles. The largest absolute Gasteiger partial charge is 0.384 e. The van der Waals surface area contributed by atoms with Gasteiger partial charge in [-0.1, -0.05) is 6.92 Å². The molecule has 0 aliphatic carbocycles. The zero-order valence-corrected chi connectivity index (χ0v) is 12.1. The van der Waals surface area contributed by atoms with Gasteiger partial charge in [0, 0.05) is 12.1 Å². The molecular weight excluding hydrogens is 224 g/mol. The van der Waals surface area contributed by atoms with Gasteiger partial charge in [-0.3, -0.25) is 4.90 Å². The molecule has 18 heavy (non-hydrogen) atoms. The lowest BCUT2D eigenvalue weighted by Crippen LogP contribution is -2.32. The van der Waals surface area contributed by atoms with E-state index in [4.69, 9.17) is 5.73 Å². The Bertz CT molecular complexity index is 394. The van der Waals surface area contributed by atoms with Crippen LogP contribution in [0.2, 0.25) is 0 Å².